The molecule has 3 N–H and O–H groups in total. The van der Waals surface area contributed by atoms with Crippen LogP contribution in [0.4, 0.5) is 0 Å². The molecule has 0 bridgehead atoms. The van der Waals surface area contributed by atoms with Gasteiger partial charge in [-0.25, -0.2) is 4.79 Å². The van der Waals surface area contributed by atoms with Crippen LogP contribution in [0.5, 0.6) is 11.5 Å². The van der Waals surface area contributed by atoms with Gasteiger partial charge in [-0.05, 0) is 35.9 Å². The average Bonchev–Trinajstić information content (AvgIpc) is 3.18. The zero-order chi connectivity index (χ0) is 18.9. The van der Waals surface area contributed by atoms with Crippen LogP contribution in [0.3, 0.4) is 0 Å². The second-order valence-electron chi connectivity index (χ2n) is 4.85. The summed E-state index contributed by atoms with van der Waals surface area (Å²) >= 11 is 0. The highest BCUT2D eigenvalue weighted by molar-refractivity contribution is 5.93. The Morgan fingerprint density at radius 3 is 2.73 bits per heavy atom. The topological polar surface area (TPSA) is 127 Å². The molecule has 0 saturated heterocycles. The van der Waals surface area contributed by atoms with Crippen LogP contribution in [0.2, 0.25) is 0 Å². The number of hydrogen-bond acceptors (Lipinski definition) is 7. The van der Waals surface area contributed by atoms with Gasteiger partial charge in [0, 0.05) is 6.08 Å². The third-order valence-electron chi connectivity index (χ3n) is 3.02. The number of esters is 1. The van der Waals surface area contributed by atoms with Crippen LogP contribution in [0, 0.1) is 0 Å². The predicted octanol–water partition coefficient (Wildman–Crippen LogP) is 1.01. The van der Waals surface area contributed by atoms with Crippen LogP contribution >= 0.6 is 0 Å². The highest BCUT2D eigenvalue weighted by atomic mass is 16.5. The van der Waals surface area contributed by atoms with Gasteiger partial charge in [0.2, 0.25) is 0 Å². The summed E-state index contributed by atoms with van der Waals surface area (Å²) < 4.78 is 14.5. The lowest BCUT2D eigenvalue weighted by atomic mass is 10.2. The molecule has 9 heteroatoms. The first-order valence-corrected chi connectivity index (χ1v) is 7.34. The third-order valence-corrected chi connectivity index (χ3v) is 3.02. The van der Waals surface area contributed by atoms with E-state index < -0.39 is 24.4 Å². The van der Waals surface area contributed by atoms with Crippen molar-refractivity contribution in [2.24, 2.45) is 0 Å². The van der Waals surface area contributed by atoms with E-state index in [4.69, 9.17) is 13.9 Å². The monoisotopic (exact) mass is 360 g/mol. The molecule has 0 unspecified atom stereocenters. The van der Waals surface area contributed by atoms with Crippen molar-refractivity contribution in [1.29, 1.82) is 0 Å². The Kier molecular flexibility index (Phi) is 6.38. The van der Waals surface area contributed by atoms with Crippen molar-refractivity contribution in [3.8, 4) is 11.5 Å². The molecule has 2 rings (SSSR count). The van der Waals surface area contributed by atoms with Crippen LogP contribution in [0.15, 0.2) is 47.1 Å². The van der Waals surface area contributed by atoms with Crippen molar-refractivity contribution in [1.82, 2.24) is 10.9 Å². The summed E-state index contributed by atoms with van der Waals surface area (Å²) in [6.07, 6.45) is 3.86. The maximum atomic E-state index is 11.6. The van der Waals surface area contributed by atoms with Crippen molar-refractivity contribution in [2.75, 3.05) is 13.7 Å². The number of benzene rings is 1. The number of carbonyl (C=O) groups excluding carboxylic acids is 3. The largest absolute Gasteiger partial charge is 0.504 e. The van der Waals surface area contributed by atoms with E-state index in [-0.39, 0.29) is 17.3 Å². The molecular weight excluding hydrogens is 344 g/mol. The zero-order valence-corrected chi connectivity index (χ0v) is 13.7. The highest BCUT2D eigenvalue weighted by Gasteiger charge is 2.10. The van der Waals surface area contributed by atoms with E-state index in [1.54, 1.807) is 6.07 Å². The van der Waals surface area contributed by atoms with E-state index in [1.807, 2.05) is 0 Å². The minimum atomic E-state index is -0.760. The van der Waals surface area contributed by atoms with Gasteiger partial charge in [-0.15, -0.1) is 0 Å². The first-order chi connectivity index (χ1) is 12.5. The summed E-state index contributed by atoms with van der Waals surface area (Å²) in [7, 11) is 1.40. The zero-order valence-electron chi connectivity index (χ0n) is 13.7. The van der Waals surface area contributed by atoms with Crippen molar-refractivity contribution < 1.29 is 33.4 Å². The van der Waals surface area contributed by atoms with E-state index in [9.17, 15) is 19.5 Å². The minimum absolute atomic E-state index is 0.0227. The number of carbonyl (C=O) groups is 3. The molecule has 1 aromatic heterocycles. The maximum Gasteiger partial charge on any atom is 0.331 e. The standard InChI is InChI=1S/C17H16N2O7/c1-24-14-9-11(4-6-12(14)20)5-7-16(22)26-10-15(21)18-19-17(23)13-3-2-8-25-13/h2-9,20H,10H2,1H3,(H,18,21)(H,19,23)/b7-5+. The lowest BCUT2D eigenvalue weighted by molar-refractivity contribution is -0.144. The molecule has 0 fully saturated rings. The number of aromatic hydroxyl groups is 1. The normalized spacial score (nSPS) is 10.3. The van der Waals surface area contributed by atoms with Crippen molar-refractivity contribution in [3.05, 3.63) is 54.0 Å². The number of rotatable bonds is 6. The number of methoxy groups -OCH3 is 1. The van der Waals surface area contributed by atoms with Gasteiger partial charge in [-0.1, -0.05) is 6.07 Å². The second kappa shape index (κ2) is 8.92. The molecule has 1 heterocycles. The van der Waals surface area contributed by atoms with Crippen molar-refractivity contribution in [3.63, 3.8) is 0 Å². The molecule has 0 aliphatic carbocycles. The lowest BCUT2D eigenvalue weighted by Crippen LogP contribution is -2.43. The van der Waals surface area contributed by atoms with E-state index in [0.717, 1.165) is 6.08 Å². The second-order valence-corrected chi connectivity index (χ2v) is 4.85. The molecule has 0 aliphatic rings. The third kappa shape index (κ3) is 5.41. The fourth-order valence-corrected chi connectivity index (χ4v) is 1.78. The highest BCUT2D eigenvalue weighted by Crippen LogP contribution is 2.26. The number of hydrogen-bond donors (Lipinski definition) is 3. The van der Waals surface area contributed by atoms with Gasteiger partial charge in [0.15, 0.2) is 23.9 Å². The first kappa shape index (κ1) is 18.6. The van der Waals surface area contributed by atoms with Gasteiger partial charge in [0.05, 0.1) is 13.4 Å². The Labute approximate surface area is 148 Å². The number of nitrogens with one attached hydrogen (secondary N) is 2. The predicted molar refractivity (Wildman–Crippen MR) is 89.0 cm³/mol. The van der Waals surface area contributed by atoms with Crippen LogP contribution in [-0.2, 0) is 14.3 Å². The summed E-state index contributed by atoms with van der Waals surface area (Å²) in [6.45, 7) is -0.583. The Morgan fingerprint density at radius 2 is 2.04 bits per heavy atom. The first-order valence-electron chi connectivity index (χ1n) is 7.34. The molecule has 0 saturated carbocycles. The van der Waals surface area contributed by atoms with Crippen LogP contribution in [-0.4, -0.2) is 36.6 Å². The van der Waals surface area contributed by atoms with Crippen LogP contribution in [0.1, 0.15) is 16.1 Å². The van der Waals surface area contributed by atoms with Gasteiger partial charge < -0.3 is 19.0 Å². The van der Waals surface area contributed by atoms with Gasteiger partial charge in [0.25, 0.3) is 5.91 Å². The molecule has 26 heavy (non-hydrogen) atoms. The van der Waals surface area contributed by atoms with Crippen molar-refractivity contribution in [2.45, 2.75) is 0 Å². The summed E-state index contributed by atoms with van der Waals surface area (Å²) in [5.41, 5.74) is 4.77. The molecule has 9 nitrogen and oxygen atoms in total. The molecular formula is C17H16N2O7. The Balaban J connectivity index is 1.75. The number of hydrazine groups is 1. The smallest absolute Gasteiger partial charge is 0.331 e. The number of phenolic OH excluding ortho intramolecular Hbond substituents is 1. The van der Waals surface area contributed by atoms with E-state index in [1.165, 1.54) is 43.7 Å². The van der Waals surface area contributed by atoms with E-state index in [2.05, 4.69) is 10.9 Å². The lowest BCUT2D eigenvalue weighted by Gasteiger charge is -2.06. The van der Waals surface area contributed by atoms with Gasteiger partial charge >= 0.3 is 11.9 Å². The van der Waals surface area contributed by atoms with E-state index >= 15 is 0 Å². The van der Waals surface area contributed by atoms with Crippen molar-refractivity contribution >= 4 is 23.9 Å². The van der Waals surface area contributed by atoms with E-state index in [0.29, 0.717) is 5.56 Å². The Hall–Kier alpha value is -3.75. The molecule has 0 spiro atoms. The molecule has 2 aromatic rings. The summed E-state index contributed by atoms with van der Waals surface area (Å²) in [5.74, 6) is -1.87. The van der Waals surface area contributed by atoms with Gasteiger partial charge in [-0.3, -0.25) is 20.4 Å². The Bertz CT molecular complexity index is 813. The maximum absolute atomic E-state index is 11.6. The number of amides is 2. The van der Waals surface area contributed by atoms with Gasteiger partial charge in [0.1, 0.15) is 0 Å². The average molecular weight is 360 g/mol. The number of phenols is 1. The van der Waals surface area contributed by atoms with Gasteiger partial charge in [-0.2, -0.15) is 0 Å². The van der Waals surface area contributed by atoms with Crippen LogP contribution < -0.4 is 15.6 Å². The fraction of sp³-hybridized carbons (Fsp3) is 0.118. The molecule has 0 atom stereocenters. The van der Waals surface area contributed by atoms with Crippen LogP contribution in [0.25, 0.3) is 6.08 Å². The molecule has 1 aromatic carbocycles. The summed E-state index contributed by atoms with van der Waals surface area (Å²) in [6, 6.07) is 7.45. The molecule has 0 aliphatic heterocycles. The molecule has 136 valence electrons. The summed E-state index contributed by atoms with van der Waals surface area (Å²) in [5, 5.41) is 9.49. The SMILES string of the molecule is COc1cc(/C=C/C(=O)OCC(=O)NNC(=O)c2ccco2)ccc1O. The number of ether oxygens (including phenoxy) is 2. The molecule has 2 amide bonds. The summed E-state index contributed by atoms with van der Waals surface area (Å²) in [4.78, 5) is 34.6. The quantitative estimate of drug-likeness (QED) is 0.398. The molecule has 0 radical (unpaired) electrons. The fourth-order valence-electron chi connectivity index (χ4n) is 1.78. The Morgan fingerprint density at radius 1 is 1.23 bits per heavy atom. The minimum Gasteiger partial charge on any atom is -0.504 e. The number of furan rings is 1.